The fourth-order valence-corrected chi connectivity index (χ4v) is 3.24. The van der Waals surface area contributed by atoms with Crippen LogP contribution in [0.1, 0.15) is 16.8 Å². The maximum absolute atomic E-state index is 12.6. The van der Waals surface area contributed by atoms with E-state index in [2.05, 4.69) is 10.3 Å². The number of carbonyl (C=O) groups is 1. The van der Waals surface area contributed by atoms with Gasteiger partial charge in [0.1, 0.15) is 5.75 Å². The maximum Gasteiger partial charge on any atom is 0.422 e. The highest BCUT2D eigenvalue weighted by atomic mass is 35.5. The van der Waals surface area contributed by atoms with Crippen molar-refractivity contribution in [2.45, 2.75) is 26.4 Å². The fourth-order valence-electron chi connectivity index (χ4n) is 3.07. The lowest BCUT2D eigenvalue weighted by atomic mass is 9.99. The largest absolute Gasteiger partial charge is 0.482 e. The van der Waals surface area contributed by atoms with Crippen LogP contribution in [0.5, 0.6) is 5.75 Å². The number of fused-ring (bicyclic) bond motifs is 1. The molecule has 0 unspecified atom stereocenters. The lowest BCUT2D eigenvalue weighted by Gasteiger charge is -2.16. The Morgan fingerprint density at radius 1 is 1.17 bits per heavy atom. The van der Waals surface area contributed by atoms with E-state index in [0.717, 1.165) is 27.7 Å². The molecule has 8 heteroatoms. The van der Waals surface area contributed by atoms with Crippen LogP contribution in [-0.4, -0.2) is 23.7 Å². The van der Waals surface area contributed by atoms with Crippen LogP contribution >= 0.6 is 11.6 Å². The van der Waals surface area contributed by atoms with Gasteiger partial charge in [0.2, 0.25) is 5.91 Å². The Kier molecular flexibility index (Phi) is 5.98. The molecule has 1 aromatic heterocycles. The number of ether oxygens (including phenoxy) is 1. The van der Waals surface area contributed by atoms with Gasteiger partial charge in [0.05, 0.1) is 17.6 Å². The lowest BCUT2D eigenvalue weighted by Crippen LogP contribution is -2.21. The van der Waals surface area contributed by atoms with Crippen LogP contribution in [0.4, 0.5) is 18.9 Å². The van der Waals surface area contributed by atoms with Crippen molar-refractivity contribution in [3.05, 3.63) is 64.3 Å². The molecule has 0 atom stereocenters. The molecular weight excluding hydrogens is 405 g/mol. The van der Waals surface area contributed by atoms with Gasteiger partial charge in [-0.1, -0.05) is 29.8 Å². The molecule has 0 saturated heterocycles. The second-order valence-corrected chi connectivity index (χ2v) is 7.02. The highest BCUT2D eigenvalue weighted by molar-refractivity contribution is 6.31. The summed E-state index contributed by atoms with van der Waals surface area (Å²) in [6.45, 7) is 2.26. The van der Waals surface area contributed by atoms with Crippen LogP contribution in [0.2, 0.25) is 5.02 Å². The van der Waals surface area contributed by atoms with Gasteiger partial charge in [-0.2, -0.15) is 13.2 Å². The second-order valence-electron chi connectivity index (χ2n) is 6.59. The SMILES string of the molecule is Cc1nc2ccccc2c(C)c1CC(=O)Nc1cc(Cl)ccc1OCC(F)(F)F. The number of hydrogen-bond acceptors (Lipinski definition) is 3. The van der Waals surface area contributed by atoms with Crippen molar-refractivity contribution in [1.82, 2.24) is 4.98 Å². The molecule has 0 aliphatic rings. The average Bonchev–Trinajstić information content (AvgIpc) is 2.64. The van der Waals surface area contributed by atoms with Crippen LogP contribution in [0.25, 0.3) is 10.9 Å². The molecule has 3 rings (SSSR count). The van der Waals surface area contributed by atoms with Crippen molar-refractivity contribution in [2.75, 3.05) is 11.9 Å². The number of para-hydroxylation sites is 1. The molecule has 1 heterocycles. The van der Waals surface area contributed by atoms with E-state index < -0.39 is 18.7 Å². The van der Waals surface area contributed by atoms with Gasteiger partial charge in [-0.15, -0.1) is 0 Å². The summed E-state index contributed by atoms with van der Waals surface area (Å²) in [7, 11) is 0. The van der Waals surface area contributed by atoms with E-state index in [1.54, 1.807) is 0 Å². The van der Waals surface area contributed by atoms with Gasteiger partial charge < -0.3 is 10.1 Å². The lowest BCUT2D eigenvalue weighted by molar-refractivity contribution is -0.153. The predicted octanol–water partition coefficient (Wildman–Crippen LogP) is 5.63. The quantitative estimate of drug-likeness (QED) is 0.580. The zero-order valence-corrected chi connectivity index (χ0v) is 16.5. The van der Waals surface area contributed by atoms with E-state index in [1.807, 2.05) is 38.1 Å². The third kappa shape index (κ3) is 5.17. The summed E-state index contributed by atoms with van der Waals surface area (Å²) < 4.78 is 42.2. The Labute approximate surface area is 170 Å². The van der Waals surface area contributed by atoms with Gasteiger partial charge in [-0.25, -0.2) is 0 Å². The zero-order valence-electron chi connectivity index (χ0n) is 15.7. The normalized spacial score (nSPS) is 11.5. The zero-order chi connectivity index (χ0) is 21.2. The number of aryl methyl sites for hydroxylation is 2. The van der Waals surface area contributed by atoms with E-state index in [4.69, 9.17) is 16.3 Å². The second kappa shape index (κ2) is 8.29. The molecule has 152 valence electrons. The van der Waals surface area contributed by atoms with Gasteiger partial charge in [0.25, 0.3) is 0 Å². The number of nitrogens with one attached hydrogen (secondary N) is 1. The Morgan fingerprint density at radius 2 is 1.90 bits per heavy atom. The van der Waals surface area contributed by atoms with Crippen molar-refractivity contribution >= 4 is 34.1 Å². The monoisotopic (exact) mass is 422 g/mol. The first-order valence-electron chi connectivity index (χ1n) is 8.78. The van der Waals surface area contributed by atoms with Crippen LogP contribution in [0, 0.1) is 13.8 Å². The van der Waals surface area contributed by atoms with Crippen molar-refractivity contribution in [3.8, 4) is 5.75 Å². The summed E-state index contributed by atoms with van der Waals surface area (Å²) in [5.74, 6) is -0.516. The third-order valence-corrected chi connectivity index (χ3v) is 4.67. The number of rotatable bonds is 5. The Hall–Kier alpha value is -2.80. The molecule has 0 fully saturated rings. The average molecular weight is 423 g/mol. The summed E-state index contributed by atoms with van der Waals surface area (Å²) in [5.41, 5.74) is 3.33. The van der Waals surface area contributed by atoms with Crippen LogP contribution < -0.4 is 10.1 Å². The van der Waals surface area contributed by atoms with Crippen molar-refractivity contribution in [2.24, 2.45) is 0 Å². The van der Waals surface area contributed by atoms with E-state index in [9.17, 15) is 18.0 Å². The first-order chi connectivity index (χ1) is 13.6. The summed E-state index contributed by atoms with van der Waals surface area (Å²) in [4.78, 5) is 17.2. The number of aromatic nitrogens is 1. The molecule has 4 nitrogen and oxygen atoms in total. The molecule has 3 aromatic rings. The molecular formula is C21H18ClF3N2O2. The minimum Gasteiger partial charge on any atom is -0.482 e. The molecule has 0 aliphatic heterocycles. The number of amides is 1. The first kappa shape index (κ1) is 20.9. The molecule has 0 saturated carbocycles. The highest BCUT2D eigenvalue weighted by Gasteiger charge is 2.29. The summed E-state index contributed by atoms with van der Waals surface area (Å²) in [5, 5.41) is 3.80. The predicted molar refractivity (Wildman–Crippen MR) is 107 cm³/mol. The van der Waals surface area contributed by atoms with Gasteiger partial charge in [-0.3, -0.25) is 9.78 Å². The molecule has 29 heavy (non-hydrogen) atoms. The first-order valence-corrected chi connectivity index (χ1v) is 9.15. The standard InChI is InChI=1S/C21H18ClF3N2O2/c1-12-15-5-3-4-6-17(15)26-13(2)16(12)10-20(28)27-18-9-14(22)7-8-19(18)29-11-21(23,24)25/h3-9H,10-11H2,1-2H3,(H,27,28). The van der Waals surface area contributed by atoms with Crippen LogP contribution in [-0.2, 0) is 11.2 Å². The molecule has 0 bridgehead atoms. The molecule has 2 aromatic carbocycles. The van der Waals surface area contributed by atoms with Crippen LogP contribution in [0.3, 0.4) is 0 Å². The minimum absolute atomic E-state index is 0.0146. The van der Waals surface area contributed by atoms with Gasteiger partial charge >= 0.3 is 6.18 Å². The molecule has 1 amide bonds. The maximum atomic E-state index is 12.6. The molecule has 0 radical (unpaired) electrons. The number of anilines is 1. The van der Waals surface area contributed by atoms with E-state index in [0.29, 0.717) is 0 Å². The Balaban J connectivity index is 1.83. The number of alkyl halides is 3. The highest BCUT2D eigenvalue weighted by Crippen LogP contribution is 2.30. The van der Waals surface area contributed by atoms with Crippen molar-refractivity contribution in [3.63, 3.8) is 0 Å². The number of carbonyl (C=O) groups excluding carboxylic acids is 1. The molecule has 0 spiro atoms. The third-order valence-electron chi connectivity index (χ3n) is 4.43. The summed E-state index contributed by atoms with van der Waals surface area (Å²) in [6, 6.07) is 11.6. The Morgan fingerprint density at radius 3 is 2.62 bits per heavy atom. The number of halogens is 4. The van der Waals surface area contributed by atoms with Crippen LogP contribution in [0.15, 0.2) is 42.5 Å². The van der Waals surface area contributed by atoms with Gasteiger partial charge in [0, 0.05) is 16.1 Å². The van der Waals surface area contributed by atoms with Crippen molar-refractivity contribution < 1.29 is 22.7 Å². The molecule has 0 aliphatic carbocycles. The fraction of sp³-hybridized carbons (Fsp3) is 0.238. The number of benzene rings is 2. The topological polar surface area (TPSA) is 51.2 Å². The number of hydrogen-bond donors (Lipinski definition) is 1. The summed E-state index contributed by atoms with van der Waals surface area (Å²) >= 11 is 5.93. The van der Waals surface area contributed by atoms with Gasteiger partial charge in [0.15, 0.2) is 6.61 Å². The number of pyridine rings is 1. The number of nitrogens with zero attached hydrogens (tertiary/aromatic N) is 1. The van der Waals surface area contributed by atoms with Gasteiger partial charge in [-0.05, 0) is 49.2 Å². The summed E-state index contributed by atoms with van der Waals surface area (Å²) in [6.07, 6.45) is -4.48. The Bertz CT molecular complexity index is 1070. The molecule has 1 N–H and O–H groups in total. The van der Waals surface area contributed by atoms with E-state index in [1.165, 1.54) is 18.2 Å². The smallest absolute Gasteiger partial charge is 0.422 e. The van der Waals surface area contributed by atoms with E-state index >= 15 is 0 Å². The van der Waals surface area contributed by atoms with E-state index in [-0.39, 0.29) is 22.9 Å². The minimum atomic E-state index is -4.49. The van der Waals surface area contributed by atoms with Crippen molar-refractivity contribution in [1.29, 1.82) is 0 Å².